The number of aromatic amines is 1. The first kappa shape index (κ1) is 15.5. The summed E-state index contributed by atoms with van der Waals surface area (Å²) in [5.74, 6) is 2.91. The van der Waals surface area contributed by atoms with Gasteiger partial charge in [0.15, 0.2) is 11.5 Å². The number of benzene rings is 1. The van der Waals surface area contributed by atoms with Crippen molar-refractivity contribution in [3.05, 3.63) is 41.6 Å². The minimum absolute atomic E-state index is 0.0245. The fourth-order valence-electron chi connectivity index (χ4n) is 3.87. The Bertz CT molecular complexity index is 961. The Balaban J connectivity index is 1.30. The maximum absolute atomic E-state index is 13.0. The Morgan fingerprint density at radius 3 is 2.65 bits per heavy atom. The molecule has 2 fully saturated rings. The maximum atomic E-state index is 13.0. The van der Waals surface area contributed by atoms with E-state index in [1.807, 2.05) is 36.2 Å². The molecule has 1 N–H and O–H groups in total. The molecule has 26 heavy (non-hydrogen) atoms. The number of likely N-dealkylation sites (tertiary alicyclic amines) is 1. The van der Waals surface area contributed by atoms with Crippen molar-refractivity contribution in [2.24, 2.45) is 7.05 Å². The average molecular weight is 350 g/mol. The summed E-state index contributed by atoms with van der Waals surface area (Å²) in [5, 5.41) is 12.9. The number of aryl methyl sites for hydroxylation is 1. The summed E-state index contributed by atoms with van der Waals surface area (Å²) in [5.41, 5.74) is 1.54. The van der Waals surface area contributed by atoms with Crippen LogP contribution >= 0.6 is 0 Å². The first-order valence-corrected chi connectivity index (χ1v) is 9.34. The number of nitrogens with one attached hydrogen (secondary N) is 1. The van der Waals surface area contributed by atoms with Crippen molar-refractivity contribution in [3.63, 3.8) is 0 Å². The molecule has 1 aliphatic carbocycles. The molecule has 3 heterocycles. The van der Waals surface area contributed by atoms with Crippen LogP contribution in [0.4, 0.5) is 0 Å². The van der Waals surface area contributed by atoms with Gasteiger partial charge in [0.2, 0.25) is 0 Å². The topological polar surface area (TPSA) is 79.7 Å². The smallest absolute Gasteiger partial charge is 0.275 e. The van der Waals surface area contributed by atoms with Gasteiger partial charge in [-0.25, -0.2) is 4.98 Å². The van der Waals surface area contributed by atoms with Crippen LogP contribution in [-0.4, -0.2) is 48.9 Å². The molecule has 0 bridgehead atoms. The maximum Gasteiger partial charge on any atom is 0.275 e. The van der Waals surface area contributed by atoms with Crippen LogP contribution in [0.5, 0.6) is 0 Å². The van der Waals surface area contributed by atoms with E-state index in [9.17, 15) is 4.79 Å². The third-order valence-corrected chi connectivity index (χ3v) is 5.59. The number of carbonyl (C=O) groups excluding carboxylic acids is 1. The molecular formula is C19H22N6O. The van der Waals surface area contributed by atoms with Crippen molar-refractivity contribution in [3.8, 4) is 0 Å². The number of fused-ring (bicyclic) bond motifs is 1. The highest BCUT2D eigenvalue weighted by molar-refractivity contribution is 6.04. The Morgan fingerprint density at radius 1 is 1.12 bits per heavy atom. The molecule has 3 aromatic rings. The quantitative estimate of drug-likeness (QED) is 0.787. The van der Waals surface area contributed by atoms with Gasteiger partial charge in [-0.2, -0.15) is 10.2 Å². The molecule has 2 aliphatic rings. The van der Waals surface area contributed by atoms with E-state index in [0.29, 0.717) is 17.5 Å². The summed E-state index contributed by atoms with van der Waals surface area (Å²) >= 11 is 0. The van der Waals surface area contributed by atoms with Crippen molar-refractivity contribution in [2.45, 2.75) is 37.5 Å². The predicted molar refractivity (Wildman–Crippen MR) is 97.0 cm³/mol. The first-order valence-electron chi connectivity index (χ1n) is 9.34. The molecule has 0 spiro atoms. The van der Waals surface area contributed by atoms with Crippen molar-refractivity contribution in [1.82, 2.24) is 29.9 Å². The lowest BCUT2D eigenvalue weighted by Crippen LogP contribution is -2.38. The van der Waals surface area contributed by atoms with Gasteiger partial charge in [-0.15, -0.1) is 0 Å². The molecule has 1 amide bonds. The minimum Gasteiger partial charge on any atom is -0.337 e. The number of hydrogen-bond acceptors (Lipinski definition) is 4. The number of H-pyrrole nitrogens is 1. The Morgan fingerprint density at radius 2 is 1.88 bits per heavy atom. The summed E-state index contributed by atoms with van der Waals surface area (Å²) in [6, 6.07) is 7.88. The lowest BCUT2D eigenvalue weighted by Gasteiger charge is -2.30. The third-order valence-electron chi connectivity index (χ3n) is 5.59. The Hall–Kier alpha value is -2.70. The SMILES string of the molecule is Cn1nc(C(=O)N2CCC(c3nc(C4CC4)n[nH]3)CC2)c2ccccc21. The third kappa shape index (κ3) is 2.58. The second-order valence-corrected chi connectivity index (χ2v) is 7.41. The van der Waals surface area contributed by atoms with E-state index in [0.717, 1.165) is 48.5 Å². The molecule has 7 nitrogen and oxygen atoms in total. The molecule has 0 atom stereocenters. The second kappa shape index (κ2) is 5.93. The summed E-state index contributed by atoms with van der Waals surface area (Å²) in [7, 11) is 1.88. The molecule has 2 aromatic heterocycles. The highest BCUT2D eigenvalue weighted by Crippen LogP contribution is 2.38. The molecule has 0 unspecified atom stereocenters. The molecule has 1 saturated carbocycles. The van der Waals surface area contributed by atoms with Gasteiger partial charge in [-0.05, 0) is 31.7 Å². The minimum atomic E-state index is 0.0245. The number of rotatable bonds is 3. The summed E-state index contributed by atoms with van der Waals surface area (Å²) in [6.45, 7) is 1.46. The van der Waals surface area contributed by atoms with E-state index in [-0.39, 0.29) is 5.91 Å². The fourth-order valence-corrected chi connectivity index (χ4v) is 3.87. The molecule has 1 saturated heterocycles. The summed E-state index contributed by atoms with van der Waals surface area (Å²) in [4.78, 5) is 19.6. The average Bonchev–Trinajstić information content (AvgIpc) is 3.32. The van der Waals surface area contributed by atoms with Gasteiger partial charge >= 0.3 is 0 Å². The highest BCUT2D eigenvalue weighted by atomic mass is 16.2. The zero-order valence-corrected chi connectivity index (χ0v) is 14.9. The van der Waals surface area contributed by atoms with Crippen molar-refractivity contribution in [1.29, 1.82) is 0 Å². The van der Waals surface area contributed by atoms with Gasteiger partial charge in [-0.3, -0.25) is 14.6 Å². The van der Waals surface area contributed by atoms with Gasteiger partial charge in [0.05, 0.1) is 5.52 Å². The van der Waals surface area contributed by atoms with E-state index < -0.39 is 0 Å². The van der Waals surface area contributed by atoms with Crippen LogP contribution in [0.3, 0.4) is 0 Å². The van der Waals surface area contributed by atoms with Crippen LogP contribution in [0.25, 0.3) is 10.9 Å². The molecule has 5 rings (SSSR count). The molecule has 1 aliphatic heterocycles. The number of nitrogens with zero attached hydrogens (tertiary/aromatic N) is 5. The summed E-state index contributed by atoms with van der Waals surface area (Å²) in [6.07, 6.45) is 4.25. The van der Waals surface area contributed by atoms with Gasteiger partial charge in [0, 0.05) is 37.4 Å². The van der Waals surface area contributed by atoms with Crippen LogP contribution in [0.15, 0.2) is 24.3 Å². The van der Waals surface area contributed by atoms with E-state index in [2.05, 4.69) is 20.3 Å². The molecule has 7 heteroatoms. The van der Waals surface area contributed by atoms with E-state index in [1.54, 1.807) is 4.68 Å². The Kier molecular flexibility index (Phi) is 3.55. The van der Waals surface area contributed by atoms with Crippen LogP contribution in [0.1, 0.15) is 59.7 Å². The van der Waals surface area contributed by atoms with E-state index >= 15 is 0 Å². The highest BCUT2D eigenvalue weighted by Gasteiger charge is 2.31. The fraction of sp³-hybridized carbons (Fsp3) is 0.474. The van der Waals surface area contributed by atoms with E-state index in [4.69, 9.17) is 0 Å². The molecule has 134 valence electrons. The second-order valence-electron chi connectivity index (χ2n) is 7.41. The van der Waals surface area contributed by atoms with Crippen molar-refractivity contribution < 1.29 is 4.79 Å². The first-order chi connectivity index (χ1) is 12.7. The number of para-hydroxylation sites is 1. The molecule has 0 radical (unpaired) electrons. The standard InChI is InChI=1S/C19H22N6O/c1-24-15-5-3-2-4-14(15)16(23-24)19(26)25-10-8-13(9-11-25)18-20-17(21-22-18)12-6-7-12/h2-5,12-13H,6-11H2,1H3,(H,20,21,22). The number of piperidine rings is 1. The summed E-state index contributed by atoms with van der Waals surface area (Å²) < 4.78 is 1.78. The van der Waals surface area contributed by atoms with Gasteiger partial charge < -0.3 is 4.90 Å². The monoisotopic (exact) mass is 350 g/mol. The van der Waals surface area contributed by atoms with Crippen molar-refractivity contribution >= 4 is 16.8 Å². The number of hydrogen-bond donors (Lipinski definition) is 1. The van der Waals surface area contributed by atoms with Gasteiger partial charge in [0.1, 0.15) is 5.82 Å². The lowest BCUT2D eigenvalue weighted by molar-refractivity contribution is 0.0706. The van der Waals surface area contributed by atoms with Crippen LogP contribution in [0.2, 0.25) is 0 Å². The van der Waals surface area contributed by atoms with E-state index in [1.165, 1.54) is 12.8 Å². The predicted octanol–water partition coefficient (Wildman–Crippen LogP) is 2.59. The van der Waals surface area contributed by atoms with Gasteiger partial charge in [0.25, 0.3) is 5.91 Å². The van der Waals surface area contributed by atoms with Crippen LogP contribution < -0.4 is 0 Å². The Labute approximate surface area is 151 Å². The number of aromatic nitrogens is 5. The van der Waals surface area contributed by atoms with Crippen LogP contribution in [0, 0.1) is 0 Å². The molecular weight excluding hydrogens is 328 g/mol. The lowest BCUT2D eigenvalue weighted by atomic mass is 9.96. The normalized spacial score (nSPS) is 18.6. The zero-order chi connectivity index (χ0) is 17.7. The van der Waals surface area contributed by atoms with Crippen molar-refractivity contribution in [2.75, 3.05) is 13.1 Å². The largest absolute Gasteiger partial charge is 0.337 e. The zero-order valence-electron chi connectivity index (χ0n) is 14.9. The molecule has 1 aromatic carbocycles. The van der Waals surface area contributed by atoms with Crippen LogP contribution in [-0.2, 0) is 7.05 Å². The number of amides is 1. The number of carbonyl (C=O) groups is 1. The van der Waals surface area contributed by atoms with Gasteiger partial charge in [-0.1, -0.05) is 18.2 Å².